The second-order valence-corrected chi connectivity index (χ2v) is 8.00. The SMILES string of the molecule is CCc1ccc(-c2cc(NC(=O)C(C)Sc3ccc(NC(C)=O)cc3)on2)cc1. The quantitative estimate of drug-likeness (QED) is 0.538. The van der Waals surface area contributed by atoms with Crippen LogP contribution in [0.5, 0.6) is 0 Å². The highest BCUT2D eigenvalue weighted by Gasteiger charge is 2.17. The molecule has 0 spiro atoms. The van der Waals surface area contributed by atoms with Crippen LogP contribution in [0.15, 0.2) is 64.0 Å². The van der Waals surface area contributed by atoms with Crippen LogP contribution in [0.3, 0.4) is 0 Å². The van der Waals surface area contributed by atoms with Gasteiger partial charge in [0.1, 0.15) is 5.69 Å². The Morgan fingerprint density at radius 3 is 2.38 bits per heavy atom. The van der Waals surface area contributed by atoms with Crippen molar-refractivity contribution in [1.82, 2.24) is 5.16 Å². The van der Waals surface area contributed by atoms with Crippen molar-refractivity contribution in [2.24, 2.45) is 0 Å². The first-order valence-corrected chi connectivity index (χ1v) is 10.2. The molecule has 150 valence electrons. The van der Waals surface area contributed by atoms with E-state index in [0.717, 1.165) is 22.6 Å². The van der Waals surface area contributed by atoms with E-state index in [0.29, 0.717) is 11.6 Å². The van der Waals surface area contributed by atoms with Crippen LogP contribution in [0.2, 0.25) is 0 Å². The Kier molecular flexibility index (Phi) is 6.72. The molecule has 0 saturated carbocycles. The molecule has 6 nitrogen and oxygen atoms in total. The maximum Gasteiger partial charge on any atom is 0.239 e. The van der Waals surface area contributed by atoms with E-state index in [2.05, 4.69) is 34.8 Å². The molecule has 0 bridgehead atoms. The van der Waals surface area contributed by atoms with E-state index in [1.165, 1.54) is 24.2 Å². The van der Waals surface area contributed by atoms with E-state index in [9.17, 15) is 9.59 Å². The number of anilines is 2. The number of aryl methyl sites for hydroxylation is 1. The van der Waals surface area contributed by atoms with Crippen LogP contribution in [0, 0.1) is 0 Å². The number of nitrogens with zero attached hydrogens (tertiary/aromatic N) is 1. The molecule has 0 radical (unpaired) electrons. The lowest BCUT2D eigenvalue weighted by Gasteiger charge is -2.10. The minimum atomic E-state index is -0.334. The van der Waals surface area contributed by atoms with Gasteiger partial charge >= 0.3 is 0 Å². The Morgan fingerprint density at radius 1 is 1.07 bits per heavy atom. The molecular weight excluding hydrogens is 386 g/mol. The smallest absolute Gasteiger partial charge is 0.239 e. The molecule has 0 aliphatic heterocycles. The van der Waals surface area contributed by atoms with Gasteiger partial charge in [0.2, 0.25) is 17.7 Å². The first kappa shape index (κ1) is 20.7. The largest absolute Gasteiger partial charge is 0.338 e. The average Bonchev–Trinajstić information content (AvgIpc) is 3.17. The van der Waals surface area contributed by atoms with Gasteiger partial charge in [-0.1, -0.05) is 36.3 Å². The fourth-order valence-electron chi connectivity index (χ4n) is 2.68. The van der Waals surface area contributed by atoms with Gasteiger partial charge < -0.3 is 9.84 Å². The van der Waals surface area contributed by atoms with Crippen molar-refractivity contribution in [3.63, 3.8) is 0 Å². The molecule has 1 atom stereocenters. The summed E-state index contributed by atoms with van der Waals surface area (Å²) in [5.74, 6) is 0.0221. The minimum absolute atomic E-state index is 0.120. The second kappa shape index (κ2) is 9.43. The molecule has 1 aromatic heterocycles. The first-order chi connectivity index (χ1) is 13.9. The number of aromatic nitrogens is 1. The molecule has 2 aromatic carbocycles. The van der Waals surface area contributed by atoms with Crippen LogP contribution in [-0.2, 0) is 16.0 Å². The molecule has 3 aromatic rings. The summed E-state index contributed by atoms with van der Waals surface area (Å²) in [5.41, 5.74) is 3.59. The molecule has 2 N–H and O–H groups in total. The number of hydrogen-bond donors (Lipinski definition) is 2. The Hall–Kier alpha value is -3.06. The van der Waals surface area contributed by atoms with Crippen molar-refractivity contribution in [3.8, 4) is 11.3 Å². The summed E-state index contributed by atoms with van der Waals surface area (Å²) in [7, 11) is 0. The van der Waals surface area contributed by atoms with Crippen LogP contribution in [0.1, 0.15) is 26.3 Å². The Balaban J connectivity index is 1.58. The molecule has 0 aliphatic carbocycles. The van der Waals surface area contributed by atoms with Gasteiger partial charge in [0.05, 0.1) is 5.25 Å². The summed E-state index contributed by atoms with van der Waals surface area (Å²) in [6.07, 6.45) is 0.978. The number of thioether (sulfide) groups is 1. The molecule has 2 amide bonds. The highest BCUT2D eigenvalue weighted by atomic mass is 32.2. The summed E-state index contributed by atoms with van der Waals surface area (Å²) >= 11 is 1.42. The highest BCUT2D eigenvalue weighted by Crippen LogP contribution is 2.27. The zero-order valence-electron chi connectivity index (χ0n) is 16.6. The maximum atomic E-state index is 12.5. The fraction of sp³-hybridized carbons (Fsp3) is 0.227. The van der Waals surface area contributed by atoms with E-state index in [1.807, 2.05) is 31.2 Å². The Labute approximate surface area is 174 Å². The summed E-state index contributed by atoms with van der Waals surface area (Å²) < 4.78 is 5.27. The predicted octanol–water partition coefficient (Wildman–Crippen LogP) is 4.98. The molecule has 29 heavy (non-hydrogen) atoms. The second-order valence-electron chi connectivity index (χ2n) is 6.58. The van der Waals surface area contributed by atoms with Crippen molar-refractivity contribution in [2.75, 3.05) is 10.6 Å². The fourth-order valence-corrected chi connectivity index (χ4v) is 3.55. The van der Waals surface area contributed by atoms with E-state index in [4.69, 9.17) is 4.52 Å². The Bertz CT molecular complexity index is 981. The van der Waals surface area contributed by atoms with Gasteiger partial charge in [-0.3, -0.25) is 14.9 Å². The molecular formula is C22H23N3O3S. The van der Waals surface area contributed by atoms with Crippen LogP contribution >= 0.6 is 11.8 Å². The zero-order chi connectivity index (χ0) is 20.8. The van der Waals surface area contributed by atoms with Crippen LogP contribution in [0.25, 0.3) is 11.3 Å². The van der Waals surface area contributed by atoms with Gasteiger partial charge in [-0.2, -0.15) is 0 Å². The standard InChI is InChI=1S/C22H23N3O3S/c1-4-16-5-7-17(8-6-16)20-13-21(28-25-20)24-22(27)14(2)29-19-11-9-18(10-12-19)23-15(3)26/h5-14H,4H2,1-3H3,(H,23,26)(H,24,27). The molecule has 0 aliphatic rings. The third-order valence-corrected chi connectivity index (χ3v) is 5.38. The predicted molar refractivity (Wildman–Crippen MR) is 116 cm³/mol. The topological polar surface area (TPSA) is 84.2 Å². The van der Waals surface area contributed by atoms with Gasteiger partial charge in [-0.25, -0.2) is 0 Å². The third-order valence-electron chi connectivity index (χ3n) is 4.27. The number of rotatable bonds is 7. The molecule has 3 rings (SSSR count). The van der Waals surface area contributed by atoms with E-state index in [-0.39, 0.29) is 17.1 Å². The van der Waals surface area contributed by atoms with Crippen molar-refractivity contribution in [3.05, 3.63) is 60.2 Å². The van der Waals surface area contributed by atoms with E-state index in [1.54, 1.807) is 18.2 Å². The summed E-state index contributed by atoms with van der Waals surface area (Å²) in [5, 5.41) is 9.19. The number of benzene rings is 2. The summed E-state index contributed by atoms with van der Waals surface area (Å²) in [6.45, 7) is 5.39. The van der Waals surface area contributed by atoms with Crippen LogP contribution in [0.4, 0.5) is 11.6 Å². The lowest BCUT2D eigenvalue weighted by molar-refractivity contribution is -0.116. The lowest BCUT2D eigenvalue weighted by Crippen LogP contribution is -2.22. The zero-order valence-corrected chi connectivity index (χ0v) is 17.4. The molecule has 1 heterocycles. The highest BCUT2D eigenvalue weighted by molar-refractivity contribution is 8.00. The number of hydrogen-bond acceptors (Lipinski definition) is 5. The van der Waals surface area contributed by atoms with Crippen molar-refractivity contribution < 1.29 is 14.1 Å². The first-order valence-electron chi connectivity index (χ1n) is 9.36. The molecule has 0 fully saturated rings. The van der Waals surface area contributed by atoms with Gasteiger partial charge in [0.15, 0.2) is 0 Å². The summed E-state index contributed by atoms with van der Waals surface area (Å²) in [6, 6.07) is 17.2. The average molecular weight is 410 g/mol. The van der Waals surface area contributed by atoms with Gasteiger partial charge in [-0.15, -0.1) is 11.8 Å². The monoisotopic (exact) mass is 409 g/mol. The Morgan fingerprint density at radius 2 is 1.76 bits per heavy atom. The summed E-state index contributed by atoms with van der Waals surface area (Å²) in [4.78, 5) is 24.5. The molecule has 7 heteroatoms. The van der Waals surface area contributed by atoms with Gasteiger partial charge in [-0.05, 0) is 43.2 Å². The number of amides is 2. The normalized spacial score (nSPS) is 11.7. The van der Waals surface area contributed by atoms with Crippen molar-refractivity contribution in [2.45, 2.75) is 37.3 Å². The molecule has 1 unspecified atom stereocenters. The minimum Gasteiger partial charge on any atom is -0.338 e. The molecule has 0 saturated heterocycles. The van der Waals surface area contributed by atoms with Crippen LogP contribution in [-0.4, -0.2) is 22.2 Å². The van der Waals surface area contributed by atoms with Crippen LogP contribution < -0.4 is 10.6 Å². The number of carbonyl (C=O) groups is 2. The van der Waals surface area contributed by atoms with Crippen molar-refractivity contribution in [1.29, 1.82) is 0 Å². The van der Waals surface area contributed by atoms with Crippen molar-refractivity contribution >= 4 is 35.1 Å². The van der Waals surface area contributed by atoms with E-state index < -0.39 is 0 Å². The van der Waals surface area contributed by atoms with E-state index >= 15 is 0 Å². The number of carbonyl (C=O) groups excluding carboxylic acids is 2. The number of nitrogens with one attached hydrogen (secondary N) is 2. The third kappa shape index (κ3) is 5.71. The maximum absolute atomic E-state index is 12.5. The van der Waals surface area contributed by atoms with Gasteiger partial charge in [0.25, 0.3) is 0 Å². The lowest BCUT2D eigenvalue weighted by atomic mass is 10.1. The van der Waals surface area contributed by atoms with Gasteiger partial charge in [0, 0.05) is 29.1 Å².